The van der Waals surface area contributed by atoms with Crippen molar-refractivity contribution in [1.29, 1.82) is 0 Å². The van der Waals surface area contributed by atoms with Crippen molar-refractivity contribution in [3.8, 4) is 5.75 Å². The second-order valence-corrected chi connectivity index (χ2v) is 11.5. The lowest BCUT2D eigenvalue weighted by atomic mass is 9.98. The van der Waals surface area contributed by atoms with Gasteiger partial charge in [0.25, 0.3) is 0 Å². The molecular formula is C27H35N3O5S. The zero-order chi connectivity index (χ0) is 25.7. The van der Waals surface area contributed by atoms with E-state index in [0.29, 0.717) is 43.9 Å². The predicted octanol–water partition coefficient (Wildman–Crippen LogP) is 3.60. The molecular weight excluding hydrogens is 478 g/mol. The van der Waals surface area contributed by atoms with Gasteiger partial charge in [0.2, 0.25) is 21.8 Å². The summed E-state index contributed by atoms with van der Waals surface area (Å²) in [5.74, 6) is 0.168. The number of amides is 2. The maximum Gasteiger partial charge on any atom is 0.243 e. The zero-order valence-electron chi connectivity index (χ0n) is 21.0. The molecule has 2 aliphatic heterocycles. The number of likely N-dealkylation sites (tertiary alicyclic amines) is 1. The lowest BCUT2D eigenvalue weighted by Gasteiger charge is -2.31. The van der Waals surface area contributed by atoms with Gasteiger partial charge in [-0.1, -0.05) is 12.1 Å². The van der Waals surface area contributed by atoms with Crippen LogP contribution < -0.4 is 10.1 Å². The molecule has 2 aliphatic rings. The number of piperidine rings is 1. The number of carbonyl (C=O) groups excluding carboxylic acids is 2. The van der Waals surface area contributed by atoms with Gasteiger partial charge in [0.1, 0.15) is 5.75 Å². The van der Waals surface area contributed by atoms with Crippen molar-refractivity contribution in [1.82, 2.24) is 9.21 Å². The number of nitrogens with zero attached hydrogens (tertiary/aromatic N) is 2. The maximum absolute atomic E-state index is 13.3. The lowest BCUT2D eigenvalue weighted by Crippen LogP contribution is -2.43. The molecule has 0 unspecified atom stereocenters. The molecule has 2 amide bonds. The van der Waals surface area contributed by atoms with E-state index in [0.717, 1.165) is 37.1 Å². The minimum atomic E-state index is -3.72. The number of sulfonamides is 1. The number of hydrogen-bond donors (Lipinski definition) is 1. The quantitative estimate of drug-likeness (QED) is 0.582. The Labute approximate surface area is 213 Å². The summed E-state index contributed by atoms with van der Waals surface area (Å²) in [5, 5.41) is 2.92. The van der Waals surface area contributed by atoms with Crippen LogP contribution in [0.25, 0.3) is 0 Å². The third kappa shape index (κ3) is 6.07. The zero-order valence-corrected chi connectivity index (χ0v) is 21.9. The Bertz CT molecular complexity index is 1190. The highest BCUT2D eigenvalue weighted by Crippen LogP contribution is 2.28. The van der Waals surface area contributed by atoms with Gasteiger partial charge in [-0.05, 0) is 81.0 Å². The second kappa shape index (κ2) is 11.4. The normalized spacial score (nSPS) is 18.7. The molecule has 0 spiro atoms. The number of benzene rings is 2. The van der Waals surface area contributed by atoms with Crippen molar-refractivity contribution in [2.24, 2.45) is 5.92 Å². The average Bonchev–Trinajstić information content (AvgIpc) is 3.42. The number of ether oxygens (including phenoxy) is 1. The van der Waals surface area contributed by atoms with Gasteiger partial charge in [-0.2, -0.15) is 4.31 Å². The van der Waals surface area contributed by atoms with Gasteiger partial charge >= 0.3 is 0 Å². The monoisotopic (exact) mass is 513 g/mol. The van der Waals surface area contributed by atoms with Crippen LogP contribution in [0.2, 0.25) is 0 Å². The molecule has 1 N–H and O–H groups in total. The highest BCUT2D eigenvalue weighted by Gasteiger charge is 2.33. The highest BCUT2D eigenvalue weighted by atomic mass is 32.2. The highest BCUT2D eigenvalue weighted by molar-refractivity contribution is 7.89. The van der Waals surface area contributed by atoms with Crippen LogP contribution in [0, 0.1) is 12.8 Å². The molecule has 0 bridgehead atoms. The molecule has 0 aromatic heterocycles. The number of anilines is 1. The summed E-state index contributed by atoms with van der Waals surface area (Å²) < 4.78 is 33.5. The number of aryl methyl sites for hydroxylation is 1. The Balaban J connectivity index is 1.36. The Morgan fingerprint density at radius 2 is 1.75 bits per heavy atom. The fourth-order valence-corrected chi connectivity index (χ4v) is 6.44. The first-order valence-corrected chi connectivity index (χ1v) is 14.1. The summed E-state index contributed by atoms with van der Waals surface area (Å²) in [4.78, 5) is 27.4. The van der Waals surface area contributed by atoms with Crippen molar-refractivity contribution in [2.45, 2.75) is 50.8 Å². The molecule has 36 heavy (non-hydrogen) atoms. The molecule has 2 saturated heterocycles. The number of rotatable bonds is 8. The minimum absolute atomic E-state index is 0.135. The van der Waals surface area contributed by atoms with Gasteiger partial charge in [0, 0.05) is 31.9 Å². The van der Waals surface area contributed by atoms with Crippen molar-refractivity contribution in [3.05, 3.63) is 53.6 Å². The van der Waals surface area contributed by atoms with Gasteiger partial charge < -0.3 is 15.0 Å². The van der Waals surface area contributed by atoms with Crippen LogP contribution in [0.4, 0.5) is 5.69 Å². The predicted molar refractivity (Wildman–Crippen MR) is 138 cm³/mol. The number of carbonyl (C=O) groups is 2. The molecule has 4 rings (SSSR count). The van der Waals surface area contributed by atoms with Crippen molar-refractivity contribution < 1.29 is 22.7 Å². The van der Waals surface area contributed by atoms with E-state index in [9.17, 15) is 18.0 Å². The largest absolute Gasteiger partial charge is 0.494 e. The van der Waals surface area contributed by atoms with E-state index in [1.54, 1.807) is 30.3 Å². The summed E-state index contributed by atoms with van der Waals surface area (Å²) in [5.41, 5.74) is 2.31. The van der Waals surface area contributed by atoms with Gasteiger partial charge in [0.15, 0.2) is 0 Å². The average molecular weight is 514 g/mol. The Morgan fingerprint density at radius 3 is 2.42 bits per heavy atom. The Morgan fingerprint density at radius 1 is 1.03 bits per heavy atom. The van der Waals surface area contributed by atoms with Crippen LogP contribution in [0.15, 0.2) is 47.4 Å². The second-order valence-electron chi connectivity index (χ2n) is 9.51. The first kappa shape index (κ1) is 26.2. The number of nitrogens with one attached hydrogen (secondary N) is 1. The molecule has 2 aromatic carbocycles. The summed E-state index contributed by atoms with van der Waals surface area (Å²) in [7, 11) is -3.72. The molecule has 0 aliphatic carbocycles. The Hall–Kier alpha value is -2.91. The van der Waals surface area contributed by atoms with Crippen LogP contribution in [0.1, 0.15) is 43.7 Å². The topological polar surface area (TPSA) is 96.0 Å². The third-order valence-electron chi connectivity index (χ3n) is 6.87. The van der Waals surface area contributed by atoms with E-state index in [4.69, 9.17) is 4.74 Å². The van der Waals surface area contributed by atoms with Gasteiger partial charge in [-0.15, -0.1) is 0 Å². The summed E-state index contributed by atoms with van der Waals surface area (Å²) >= 11 is 0. The van der Waals surface area contributed by atoms with Crippen LogP contribution in [0.5, 0.6) is 5.75 Å². The summed E-state index contributed by atoms with van der Waals surface area (Å²) in [6.45, 7) is 6.41. The minimum Gasteiger partial charge on any atom is -0.494 e. The van der Waals surface area contributed by atoms with E-state index in [-0.39, 0.29) is 23.3 Å². The van der Waals surface area contributed by atoms with E-state index < -0.39 is 15.9 Å². The molecule has 8 nitrogen and oxygen atoms in total. The summed E-state index contributed by atoms with van der Waals surface area (Å²) in [6.07, 6.45) is 3.73. The van der Waals surface area contributed by atoms with E-state index in [1.807, 2.05) is 30.9 Å². The van der Waals surface area contributed by atoms with Crippen LogP contribution in [-0.2, 0) is 26.0 Å². The lowest BCUT2D eigenvalue weighted by molar-refractivity contribution is -0.129. The molecule has 9 heteroatoms. The number of hydrogen-bond acceptors (Lipinski definition) is 5. The fraction of sp³-hybridized carbons (Fsp3) is 0.481. The van der Waals surface area contributed by atoms with Gasteiger partial charge in [-0.3, -0.25) is 9.59 Å². The first-order valence-electron chi connectivity index (χ1n) is 12.7. The smallest absolute Gasteiger partial charge is 0.243 e. The standard InChI is InChI=1S/C27H35N3O5S/c1-3-35-25-13-12-24(17-20(25)2)36(33,34)30-16-6-7-22(19-30)27(32)28-23-10-8-21(9-11-23)18-26(31)29-14-4-5-15-29/h8-13,17,22H,3-7,14-16,18-19H2,1-2H3,(H,28,32)/t22-/m1/s1. The molecule has 1 atom stereocenters. The van der Waals surface area contributed by atoms with Crippen LogP contribution in [0.3, 0.4) is 0 Å². The molecule has 0 saturated carbocycles. The van der Waals surface area contributed by atoms with Gasteiger partial charge in [0.05, 0.1) is 23.8 Å². The van der Waals surface area contributed by atoms with E-state index in [1.165, 1.54) is 4.31 Å². The van der Waals surface area contributed by atoms with Crippen LogP contribution in [-0.4, -0.2) is 62.2 Å². The maximum atomic E-state index is 13.3. The van der Waals surface area contributed by atoms with E-state index in [2.05, 4.69) is 5.32 Å². The van der Waals surface area contributed by atoms with Crippen molar-refractivity contribution in [2.75, 3.05) is 38.1 Å². The van der Waals surface area contributed by atoms with Crippen molar-refractivity contribution in [3.63, 3.8) is 0 Å². The molecule has 2 fully saturated rings. The van der Waals surface area contributed by atoms with Gasteiger partial charge in [-0.25, -0.2) is 8.42 Å². The first-order chi connectivity index (χ1) is 17.3. The molecule has 2 heterocycles. The van der Waals surface area contributed by atoms with Crippen molar-refractivity contribution >= 4 is 27.5 Å². The van der Waals surface area contributed by atoms with Crippen LogP contribution >= 0.6 is 0 Å². The molecule has 194 valence electrons. The fourth-order valence-electron chi connectivity index (χ4n) is 4.83. The molecule has 2 aromatic rings. The third-order valence-corrected chi connectivity index (χ3v) is 8.74. The van der Waals surface area contributed by atoms with E-state index >= 15 is 0 Å². The SMILES string of the molecule is CCOc1ccc(S(=O)(=O)N2CCC[C@@H](C(=O)Nc3ccc(CC(=O)N4CCCC4)cc3)C2)cc1C. The summed E-state index contributed by atoms with van der Waals surface area (Å²) in [6, 6.07) is 12.2. The Kier molecular flexibility index (Phi) is 8.31. The molecule has 0 radical (unpaired) electrons.